The molecule has 2 aromatic carbocycles. The minimum atomic E-state index is -0.973. The maximum Gasteiger partial charge on any atom is 0.245 e. The van der Waals surface area contributed by atoms with Crippen LogP contribution in [-0.4, -0.2) is 78.1 Å². The maximum atomic E-state index is 13.8. The highest BCUT2D eigenvalue weighted by atomic mass is 16.2. The summed E-state index contributed by atoms with van der Waals surface area (Å²) in [7, 11) is 0. The Morgan fingerprint density at radius 3 is 2.12 bits per heavy atom. The number of carbonyl (C=O) groups excluding carboxylic acids is 5. The Kier molecular flexibility index (Phi) is 13.3. The lowest BCUT2D eigenvalue weighted by atomic mass is 10.0. The molecule has 0 aliphatic carbocycles. The van der Waals surface area contributed by atoms with Gasteiger partial charge in [-0.25, -0.2) is 0 Å². The summed E-state index contributed by atoms with van der Waals surface area (Å²) in [4.78, 5) is 65.9. The Labute approximate surface area is 253 Å². The zero-order chi connectivity index (χ0) is 31.2. The van der Waals surface area contributed by atoms with Gasteiger partial charge < -0.3 is 32.3 Å². The molecular formula is C32H43N6O5. The van der Waals surface area contributed by atoms with Crippen molar-refractivity contribution in [2.45, 2.75) is 82.1 Å². The molecule has 7 N–H and O–H groups in total. The molecule has 0 spiro atoms. The molecule has 0 aromatic heterocycles. The van der Waals surface area contributed by atoms with Gasteiger partial charge in [0.05, 0.1) is 12.1 Å². The van der Waals surface area contributed by atoms with E-state index in [0.717, 1.165) is 11.1 Å². The molecule has 43 heavy (non-hydrogen) atoms. The predicted octanol–water partition coefficient (Wildman–Crippen LogP) is 0.503. The summed E-state index contributed by atoms with van der Waals surface area (Å²) < 4.78 is 0. The second kappa shape index (κ2) is 17.1. The molecular weight excluding hydrogens is 548 g/mol. The van der Waals surface area contributed by atoms with Crippen molar-refractivity contribution in [3.63, 3.8) is 0 Å². The van der Waals surface area contributed by atoms with Crippen molar-refractivity contribution in [3.8, 4) is 0 Å². The fraction of sp³-hybridized carbons (Fsp3) is 0.469. The number of nitrogens with one attached hydrogen (secondary N) is 3. The van der Waals surface area contributed by atoms with E-state index in [0.29, 0.717) is 51.6 Å². The predicted molar refractivity (Wildman–Crippen MR) is 163 cm³/mol. The van der Waals surface area contributed by atoms with Crippen LogP contribution in [0.5, 0.6) is 0 Å². The fourth-order valence-corrected chi connectivity index (χ4v) is 5.16. The number of carbonyl (C=O) groups is 4. The molecule has 231 valence electrons. The Bertz CT molecular complexity index is 1210. The molecule has 5 atom stereocenters. The number of benzene rings is 2. The quantitative estimate of drug-likeness (QED) is 0.177. The van der Waals surface area contributed by atoms with Crippen LogP contribution >= 0.6 is 0 Å². The number of unbranched alkanes of at least 4 members (excludes halogenated alkanes) is 1. The van der Waals surface area contributed by atoms with Gasteiger partial charge in [-0.2, -0.15) is 0 Å². The highest BCUT2D eigenvalue weighted by molar-refractivity contribution is 5.95. The molecule has 11 nitrogen and oxygen atoms in total. The summed E-state index contributed by atoms with van der Waals surface area (Å²) >= 11 is 0. The van der Waals surface area contributed by atoms with Gasteiger partial charge in [0.25, 0.3) is 0 Å². The van der Waals surface area contributed by atoms with E-state index >= 15 is 0 Å². The lowest BCUT2D eigenvalue weighted by Gasteiger charge is -2.30. The first-order valence-corrected chi connectivity index (χ1v) is 14.9. The van der Waals surface area contributed by atoms with Gasteiger partial charge in [-0.15, -0.1) is 0 Å². The van der Waals surface area contributed by atoms with E-state index in [1.807, 2.05) is 60.7 Å². The van der Waals surface area contributed by atoms with Crippen molar-refractivity contribution >= 4 is 29.9 Å². The lowest BCUT2D eigenvalue weighted by Crippen LogP contribution is -2.58. The number of hydrogen-bond donors (Lipinski definition) is 5. The van der Waals surface area contributed by atoms with E-state index in [-0.39, 0.29) is 12.3 Å². The van der Waals surface area contributed by atoms with Crippen LogP contribution in [0.3, 0.4) is 0 Å². The van der Waals surface area contributed by atoms with Crippen LogP contribution in [-0.2, 0) is 36.8 Å². The summed E-state index contributed by atoms with van der Waals surface area (Å²) in [5, 5.41) is 8.17. The normalized spacial score (nSPS) is 17.3. The number of rotatable bonds is 16. The average Bonchev–Trinajstić information content (AvgIpc) is 3.51. The second-order valence-corrected chi connectivity index (χ2v) is 10.9. The highest BCUT2D eigenvalue weighted by Gasteiger charge is 2.39. The van der Waals surface area contributed by atoms with Gasteiger partial charge >= 0.3 is 0 Å². The molecule has 3 rings (SSSR count). The van der Waals surface area contributed by atoms with Crippen LogP contribution in [0, 0.1) is 0 Å². The van der Waals surface area contributed by atoms with Gasteiger partial charge in [-0.1, -0.05) is 60.7 Å². The first-order chi connectivity index (χ1) is 20.7. The Morgan fingerprint density at radius 2 is 1.51 bits per heavy atom. The van der Waals surface area contributed by atoms with Gasteiger partial charge in [-0.05, 0) is 63.1 Å². The number of nitrogens with zero attached hydrogens (tertiary/aromatic N) is 1. The van der Waals surface area contributed by atoms with E-state index in [2.05, 4.69) is 16.0 Å². The fourth-order valence-electron chi connectivity index (χ4n) is 5.16. The van der Waals surface area contributed by atoms with Crippen LogP contribution in [0.4, 0.5) is 0 Å². The third-order valence-corrected chi connectivity index (χ3v) is 7.49. The lowest BCUT2D eigenvalue weighted by molar-refractivity contribution is -0.142. The molecule has 1 fully saturated rings. The van der Waals surface area contributed by atoms with Crippen LogP contribution in [0.2, 0.25) is 0 Å². The van der Waals surface area contributed by atoms with Crippen LogP contribution < -0.4 is 27.4 Å². The van der Waals surface area contributed by atoms with E-state index < -0.39 is 47.9 Å². The molecule has 1 aliphatic rings. The smallest absolute Gasteiger partial charge is 0.245 e. The third kappa shape index (κ3) is 10.3. The highest BCUT2D eigenvalue weighted by Crippen LogP contribution is 2.21. The minimum Gasteiger partial charge on any atom is -0.344 e. The van der Waals surface area contributed by atoms with Crippen molar-refractivity contribution in [1.29, 1.82) is 0 Å². The summed E-state index contributed by atoms with van der Waals surface area (Å²) in [5.74, 6) is -1.82. The Balaban J connectivity index is 1.72. The van der Waals surface area contributed by atoms with Gasteiger partial charge in [0.15, 0.2) is 0 Å². The van der Waals surface area contributed by atoms with Gasteiger partial charge in [-0.3, -0.25) is 24.0 Å². The molecule has 1 saturated heterocycles. The van der Waals surface area contributed by atoms with Crippen LogP contribution in [0.1, 0.15) is 50.2 Å². The topological polar surface area (TPSA) is 177 Å². The molecule has 1 aliphatic heterocycles. The molecule has 0 unspecified atom stereocenters. The Morgan fingerprint density at radius 1 is 0.884 bits per heavy atom. The van der Waals surface area contributed by atoms with Crippen LogP contribution in [0.25, 0.3) is 0 Å². The molecule has 0 saturated carbocycles. The van der Waals surface area contributed by atoms with Gasteiger partial charge in [0.1, 0.15) is 18.1 Å². The SMILES string of the molecule is C[C@@H]([C]=O)NC(=O)[C@H](Cc1ccccc1)NC(=O)[C@@H]1CCCN1C(=O)[C@H](CCCCN)NC(=O)[C@@H](N)Cc1ccccc1. The molecule has 2 aromatic rings. The number of likely N-dealkylation sites (tertiary alicyclic amines) is 1. The van der Waals surface area contributed by atoms with E-state index in [9.17, 15) is 24.0 Å². The number of nitrogens with two attached hydrogens (primary N) is 2. The van der Waals surface area contributed by atoms with E-state index in [1.165, 1.54) is 11.8 Å². The summed E-state index contributed by atoms with van der Waals surface area (Å²) in [6, 6.07) is 14.2. The molecule has 0 bridgehead atoms. The Hall–Kier alpha value is -4.09. The largest absolute Gasteiger partial charge is 0.344 e. The minimum absolute atomic E-state index is 0.196. The van der Waals surface area contributed by atoms with Gasteiger partial charge in [0, 0.05) is 13.0 Å². The number of amides is 4. The summed E-state index contributed by atoms with van der Waals surface area (Å²) in [5.41, 5.74) is 13.6. The first kappa shape index (κ1) is 33.4. The standard InChI is InChI=1S/C32H43N6O5/c1-22(21-39)35-30(41)27(20-24-13-6-3-7-14-24)37-31(42)28-16-10-18-38(28)32(43)26(15-8-9-17-33)36-29(40)25(34)19-23-11-4-2-5-12-23/h2-7,11-14,22,25-28H,8-10,15-20,33-34H2,1H3,(H,35,41)(H,36,40)(H,37,42)/t22-,25-,26-,27-,28-/m0/s1. The molecule has 11 heteroatoms. The average molecular weight is 592 g/mol. The molecule has 1 heterocycles. The van der Waals surface area contributed by atoms with Crippen molar-refractivity contribution in [2.75, 3.05) is 13.1 Å². The van der Waals surface area contributed by atoms with Crippen molar-refractivity contribution < 1.29 is 24.0 Å². The molecule has 1 radical (unpaired) electrons. The number of hydrogen-bond acceptors (Lipinski definition) is 7. The van der Waals surface area contributed by atoms with E-state index in [1.54, 1.807) is 6.29 Å². The summed E-state index contributed by atoms with van der Waals surface area (Å²) in [6.45, 7) is 2.28. The van der Waals surface area contributed by atoms with Crippen LogP contribution in [0.15, 0.2) is 60.7 Å². The zero-order valence-electron chi connectivity index (χ0n) is 24.7. The zero-order valence-corrected chi connectivity index (χ0v) is 24.7. The first-order valence-electron chi connectivity index (χ1n) is 14.9. The third-order valence-electron chi connectivity index (χ3n) is 7.49. The van der Waals surface area contributed by atoms with E-state index in [4.69, 9.17) is 11.5 Å². The van der Waals surface area contributed by atoms with Crippen molar-refractivity contribution in [2.24, 2.45) is 11.5 Å². The summed E-state index contributed by atoms with van der Waals surface area (Å²) in [6.07, 6.45) is 4.86. The van der Waals surface area contributed by atoms with Crippen molar-refractivity contribution in [3.05, 3.63) is 71.8 Å². The van der Waals surface area contributed by atoms with Crippen molar-refractivity contribution in [1.82, 2.24) is 20.9 Å². The second-order valence-electron chi connectivity index (χ2n) is 10.9. The monoisotopic (exact) mass is 591 g/mol. The molecule has 4 amide bonds. The maximum absolute atomic E-state index is 13.8. The van der Waals surface area contributed by atoms with Gasteiger partial charge in [0.2, 0.25) is 29.9 Å².